The minimum atomic E-state index is -0.317. The van der Waals surface area contributed by atoms with Crippen LogP contribution in [0.1, 0.15) is 23.1 Å². The van der Waals surface area contributed by atoms with Gasteiger partial charge in [-0.2, -0.15) is 0 Å². The summed E-state index contributed by atoms with van der Waals surface area (Å²) >= 11 is 0. The Kier molecular flexibility index (Phi) is 4.44. The molecule has 3 rings (SSSR count). The fourth-order valence-corrected chi connectivity index (χ4v) is 2.36. The van der Waals surface area contributed by atoms with Crippen molar-refractivity contribution < 1.29 is 14.3 Å². The fraction of sp³-hybridized carbons (Fsp3) is 0.150. The van der Waals surface area contributed by atoms with Gasteiger partial charge in [0, 0.05) is 28.7 Å². The maximum atomic E-state index is 11.8. The van der Waals surface area contributed by atoms with Crippen LogP contribution in [0.25, 0.3) is 6.08 Å². The Morgan fingerprint density at radius 1 is 1.09 bits per heavy atom. The maximum absolute atomic E-state index is 11.8. The maximum Gasteiger partial charge on any atom is 0.333 e. The van der Waals surface area contributed by atoms with Gasteiger partial charge in [0.05, 0.1) is 13.7 Å². The van der Waals surface area contributed by atoms with Crippen LogP contribution in [-0.2, 0) is 9.53 Å². The minimum Gasteiger partial charge on any atom is -0.493 e. The third-order valence-electron chi connectivity index (χ3n) is 3.54. The van der Waals surface area contributed by atoms with Gasteiger partial charge in [0.25, 0.3) is 0 Å². The first-order valence-electron chi connectivity index (χ1n) is 7.39. The third kappa shape index (κ3) is 3.61. The quantitative estimate of drug-likeness (QED) is 0.598. The van der Waals surface area contributed by atoms with Crippen LogP contribution < -0.4 is 4.74 Å². The molecule has 0 fully saturated rings. The summed E-state index contributed by atoms with van der Waals surface area (Å²) in [7, 11) is 1.39. The molecule has 1 aliphatic heterocycles. The van der Waals surface area contributed by atoms with Gasteiger partial charge in [0.2, 0.25) is 0 Å². The summed E-state index contributed by atoms with van der Waals surface area (Å²) in [5.41, 5.74) is 3.30. The molecule has 0 amide bonds. The highest BCUT2D eigenvalue weighted by Crippen LogP contribution is 2.27. The van der Waals surface area contributed by atoms with Crippen LogP contribution in [0.15, 0.2) is 54.1 Å². The summed E-state index contributed by atoms with van der Waals surface area (Å²) in [5, 5.41) is 0. The van der Waals surface area contributed by atoms with E-state index in [9.17, 15) is 4.79 Å². The van der Waals surface area contributed by atoms with E-state index in [0.717, 1.165) is 22.4 Å². The number of hydrogen-bond donors (Lipinski definition) is 0. The second-order valence-electron chi connectivity index (χ2n) is 5.13. The van der Waals surface area contributed by atoms with Crippen molar-refractivity contribution in [1.29, 1.82) is 0 Å². The molecule has 0 N–H and O–H groups in total. The summed E-state index contributed by atoms with van der Waals surface area (Å²) in [6, 6.07) is 15.6. The number of fused-ring (bicyclic) bond motifs is 1. The average molecular weight is 304 g/mol. The van der Waals surface area contributed by atoms with Crippen molar-refractivity contribution >= 4 is 12.0 Å². The lowest BCUT2D eigenvalue weighted by molar-refractivity contribution is -0.136. The molecular formula is C20H16O3. The molecule has 3 nitrogen and oxygen atoms in total. The van der Waals surface area contributed by atoms with E-state index in [1.54, 1.807) is 0 Å². The van der Waals surface area contributed by atoms with E-state index in [1.165, 1.54) is 7.11 Å². The molecule has 0 atom stereocenters. The molecule has 0 saturated heterocycles. The van der Waals surface area contributed by atoms with E-state index in [0.29, 0.717) is 18.6 Å². The minimum absolute atomic E-state index is 0.317. The number of ether oxygens (including phenoxy) is 2. The molecule has 1 heterocycles. The zero-order chi connectivity index (χ0) is 16.1. The normalized spacial score (nSPS) is 12.7. The standard InChI is InChI=1S/C20H16O3/c1-22-20(21)17-11-12-23-19-10-9-16(13-18(19)14-17)8-7-15-5-3-2-4-6-15/h2-6,9-10,13-14H,11-12H2,1H3. The van der Waals surface area contributed by atoms with E-state index in [1.807, 2.05) is 54.6 Å². The van der Waals surface area contributed by atoms with Gasteiger partial charge in [0.15, 0.2) is 0 Å². The summed E-state index contributed by atoms with van der Waals surface area (Å²) < 4.78 is 10.5. The smallest absolute Gasteiger partial charge is 0.333 e. The highest BCUT2D eigenvalue weighted by atomic mass is 16.5. The van der Waals surface area contributed by atoms with Crippen LogP contribution in [0, 0.1) is 11.8 Å². The predicted octanol–water partition coefficient (Wildman–Crippen LogP) is 3.43. The molecule has 0 aromatic heterocycles. The SMILES string of the molecule is COC(=O)C1=Cc2cc(C#Cc3ccccc3)ccc2OCC1. The molecule has 0 spiro atoms. The molecule has 0 aliphatic carbocycles. The number of carbonyl (C=O) groups excluding carboxylic acids is 1. The second kappa shape index (κ2) is 6.85. The number of hydrogen-bond acceptors (Lipinski definition) is 3. The molecular weight excluding hydrogens is 288 g/mol. The summed E-state index contributed by atoms with van der Waals surface area (Å²) in [4.78, 5) is 11.8. The number of carbonyl (C=O) groups is 1. The molecule has 2 aromatic carbocycles. The zero-order valence-electron chi connectivity index (χ0n) is 12.8. The lowest BCUT2D eigenvalue weighted by Crippen LogP contribution is -2.06. The largest absolute Gasteiger partial charge is 0.493 e. The van der Waals surface area contributed by atoms with Gasteiger partial charge in [-0.3, -0.25) is 0 Å². The van der Waals surface area contributed by atoms with Gasteiger partial charge < -0.3 is 9.47 Å². The fourth-order valence-electron chi connectivity index (χ4n) is 2.36. The molecule has 0 bridgehead atoms. The van der Waals surface area contributed by atoms with Crippen LogP contribution in [0.5, 0.6) is 5.75 Å². The van der Waals surface area contributed by atoms with Crippen molar-refractivity contribution in [3.8, 4) is 17.6 Å². The van der Waals surface area contributed by atoms with Crippen LogP contribution in [0.2, 0.25) is 0 Å². The Balaban J connectivity index is 1.93. The first-order chi connectivity index (χ1) is 11.3. The van der Waals surface area contributed by atoms with Crippen LogP contribution in [0.4, 0.5) is 0 Å². The van der Waals surface area contributed by atoms with Gasteiger partial charge in [-0.15, -0.1) is 0 Å². The van der Waals surface area contributed by atoms with E-state index in [4.69, 9.17) is 9.47 Å². The Labute approximate surface area is 135 Å². The second-order valence-corrected chi connectivity index (χ2v) is 5.13. The first-order valence-corrected chi connectivity index (χ1v) is 7.39. The van der Waals surface area contributed by atoms with Crippen LogP contribution in [0.3, 0.4) is 0 Å². The molecule has 1 aliphatic rings. The molecule has 2 aromatic rings. The van der Waals surface area contributed by atoms with Gasteiger partial charge in [-0.05, 0) is 36.4 Å². The van der Waals surface area contributed by atoms with Crippen molar-refractivity contribution in [3.63, 3.8) is 0 Å². The highest BCUT2D eigenvalue weighted by molar-refractivity contribution is 5.94. The Bertz CT molecular complexity index is 808. The van der Waals surface area contributed by atoms with Gasteiger partial charge >= 0.3 is 5.97 Å². The highest BCUT2D eigenvalue weighted by Gasteiger charge is 2.15. The lowest BCUT2D eigenvalue weighted by atomic mass is 10.1. The molecule has 3 heteroatoms. The van der Waals surface area contributed by atoms with Crippen molar-refractivity contribution in [2.75, 3.05) is 13.7 Å². The van der Waals surface area contributed by atoms with E-state index in [-0.39, 0.29) is 5.97 Å². The Hall–Kier alpha value is -2.99. The molecule has 23 heavy (non-hydrogen) atoms. The molecule has 114 valence electrons. The van der Waals surface area contributed by atoms with Crippen molar-refractivity contribution in [2.45, 2.75) is 6.42 Å². The average Bonchev–Trinajstić information content (AvgIpc) is 2.82. The third-order valence-corrected chi connectivity index (χ3v) is 3.54. The monoisotopic (exact) mass is 304 g/mol. The summed E-state index contributed by atoms with van der Waals surface area (Å²) in [6.07, 6.45) is 2.36. The lowest BCUT2D eigenvalue weighted by Gasteiger charge is -2.05. The predicted molar refractivity (Wildman–Crippen MR) is 89.0 cm³/mol. The van der Waals surface area contributed by atoms with Gasteiger partial charge in [-0.25, -0.2) is 4.79 Å². The van der Waals surface area contributed by atoms with Gasteiger partial charge in [-0.1, -0.05) is 30.0 Å². The molecule has 0 radical (unpaired) electrons. The van der Waals surface area contributed by atoms with E-state index < -0.39 is 0 Å². The number of methoxy groups -OCH3 is 1. The molecule has 0 unspecified atom stereocenters. The topological polar surface area (TPSA) is 35.5 Å². The van der Waals surface area contributed by atoms with E-state index in [2.05, 4.69) is 11.8 Å². The van der Waals surface area contributed by atoms with Crippen molar-refractivity contribution in [2.24, 2.45) is 0 Å². The van der Waals surface area contributed by atoms with Crippen LogP contribution >= 0.6 is 0 Å². The first kappa shape index (κ1) is 14.9. The summed E-state index contributed by atoms with van der Waals surface area (Å²) in [5.74, 6) is 6.70. The Morgan fingerprint density at radius 2 is 1.87 bits per heavy atom. The van der Waals surface area contributed by atoms with E-state index >= 15 is 0 Å². The van der Waals surface area contributed by atoms with Crippen molar-refractivity contribution in [3.05, 3.63) is 70.8 Å². The number of esters is 1. The van der Waals surface area contributed by atoms with Crippen molar-refractivity contribution in [1.82, 2.24) is 0 Å². The van der Waals surface area contributed by atoms with Crippen LogP contribution in [-0.4, -0.2) is 19.7 Å². The Morgan fingerprint density at radius 3 is 2.65 bits per heavy atom. The summed E-state index contributed by atoms with van der Waals surface area (Å²) in [6.45, 7) is 0.461. The number of rotatable bonds is 1. The zero-order valence-corrected chi connectivity index (χ0v) is 12.8. The number of benzene rings is 2. The molecule has 0 saturated carbocycles. The van der Waals surface area contributed by atoms with Gasteiger partial charge in [0.1, 0.15) is 5.75 Å².